The largest absolute Gasteiger partial charge is 0.394 e. The fourth-order valence-corrected chi connectivity index (χ4v) is 4.82. The fourth-order valence-electron chi connectivity index (χ4n) is 4.82. The number of nitrogens with zero attached hydrogens (tertiary/aromatic N) is 4. The van der Waals surface area contributed by atoms with Crippen molar-refractivity contribution in [3.8, 4) is 11.3 Å². The van der Waals surface area contributed by atoms with Crippen LogP contribution in [-0.2, 0) is 14.3 Å². The van der Waals surface area contributed by atoms with Crippen LogP contribution in [-0.4, -0.2) is 80.1 Å². The summed E-state index contributed by atoms with van der Waals surface area (Å²) in [7, 11) is 1.41. The molecule has 11 nitrogen and oxygen atoms in total. The van der Waals surface area contributed by atoms with Gasteiger partial charge in [-0.2, -0.15) is 0 Å². The average molecular weight is 535 g/mol. The fraction of sp³-hybridized carbons (Fsp3) is 0.417. The zero-order valence-corrected chi connectivity index (χ0v) is 20.0. The predicted molar refractivity (Wildman–Crippen MR) is 125 cm³/mol. The van der Waals surface area contributed by atoms with Crippen LogP contribution in [0.3, 0.4) is 0 Å². The summed E-state index contributed by atoms with van der Waals surface area (Å²) in [6, 6.07) is 3.78. The van der Waals surface area contributed by atoms with Gasteiger partial charge in [0, 0.05) is 43.3 Å². The van der Waals surface area contributed by atoms with E-state index in [9.17, 15) is 28.2 Å². The molecule has 38 heavy (non-hydrogen) atoms. The average Bonchev–Trinajstić information content (AvgIpc) is 3.58. The molecule has 6 atom stereocenters. The zero-order valence-electron chi connectivity index (χ0n) is 20.0. The Kier molecular flexibility index (Phi) is 7.29. The van der Waals surface area contributed by atoms with Crippen molar-refractivity contribution < 1.29 is 37.7 Å². The molecule has 14 heteroatoms. The molecule has 202 valence electrons. The summed E-state index contributed by atoms with van der Waals surface area (Å²) in [4.78, 5) is 19.7. The highest BCUT2D eigenvalue weighted by atomic mass is 19.2. The minimum Gasteiger partial charge on any atom is -0.394 e. The quantitative estimate of drug-likeness (QED) is 0.384. The summed E-state index contributed by atoms with van der Waals surface area (Å²) >= 11 is 0. The van der Waals surface area contributed by atoms with Crippen molar-refractivity contribution in [2.24, 2.45) is 5.16 Å². The van der Waals surface area contributed by atoms with Gasteiger partial charge in [0.2, 0.25) is 5.56 Å². The van der Waals surface area contributed by atoms with E-state index in [2.05, 4.69) is 20.5 Å². The first-order valence-corrected chi connectivity index (χ1v) is 11.7. The molecule has 0 radical (unpaired) electrons. The van der Waals surface area contributed by atoms with Crippen molar-refractivity contribution >= 4 is 5.71 Å². The van der Waals surface area contributed by atoms with E-state index in [0.717, 1.165) is 12.1 Å². The molecule has 2 aromatic heterocycles. The number of methoxy groups -OCH3 is 1. The van der Waals surface area contributed by atoms with E-state index in [0.29, 0.717) is 17.7 Å². The van der Waals surface area contributed by atoms with Crippen molar-refractivity contribution in [3.63, 3.8) is 0 Å². The summed E-state index contributed by atoms with van der Waals surface area (Å²) in [5.41, 5.74) is 0.908. The van der Waals surface area contributed by atoms with Gasteiger partial charge in [-0.25, -0.2) is 17.9 Å². The number of H-pyrrole nitrogens is 1. The molecule has 0 unspecified atom stereocenters. The second kappa shape index (κ2) is 10.6. The number of aliphatic hydroxyl groups excluding tert-OH is 2. The number of nitrogens with one attached hydrogen (secondary N) is 1. The Labute approximate surface area is 213 Å². The number of halogens is 3. The number of aromatic amines is 1. The van der Waals surface area contributed by atoms with Gasteiger partial charge in [0.1, 0.15) is 36.2 Å². The van der Waals surface area contributed by atoms with Gasteiger partial charge in [0.15, 0.2) is 17.5 Å². The highest BCUT2D eigenvalue weighted by Crippen LogP contribution is 2.36. The van der Waals surface area contributed by atoms with E-state index >= 15 is 0 Å². The number of hydrogen-bond donors (Lipinski definition) is 3. The summed E-state index contributed by atoms with van der Waals surface area (Å²) in [5, 5.41) is 32.9. The van der Waals surface area contributed by atoms with E-state index in [4.69, 9.17) is 14.3 Å². The van der Waals surface area contributed by atoms with Crippen LogP contribution in [0.25, 0.3) is 11.3 Å². The lowest BCUT2D eigenvalue weighted by Crippen LogP contribution is -2.57. The SMILES string of the molecule is CO[C@@H]1[C@@H](n2cc(-c3cc(F)c(F)c(F)c3)nn2)[C@@H](O)[C@@H](CO)O[C@@H]1C[C@@H]1CC(c2cc[nH]c(=O)c2)=NO1. The smallest absolute Gasteiger partial charge is 0.248 e. The molecule has 0 saturated carbocycles. The summed E-state index contributed by atoms with van der Waals surface area (Å²) in [5.74, 6) is -4.36. The maximum atomic E-state index is 13.8. The van der Waals surface area contributed by atoms with Crippen LogP contribution < -0.4 is 5.56 Å². The van der Waals surface area contributed by atoms with Gasteiger partial charge in [-0.15, -0.1) is 5.10 Å². The van der Waals surface area contributed by atoms with Gasteiger partial charge in [-0.05, 0) is 18.2 Å². The van der Waals surface area contributed by atoms with Crippen molar-refractivity contribution in [2.45, 2.75) is 49.4 Å². The molecule has 1 fully saturated rings. The molecule has 3 aromatic rings. The normalized spacial score (nSPS) is 27.3. The Morgan fingerprint density at radius 3 is 2.63 bits per heavy atom. The van der Waals surface area contributed by atoms with Crippen molar-refractivity contribution in [2.75, 3.05) is 13.7 Å². The van der Waals surface area contributed by atoms with Crippen LogP contribution >= 0.6 is 0 Å². The molecule has 3 N–H and O–H groups in total. The Bertz CT molecular complexity index is 1370. The number of oxime groups is 1. The standard InChI is InChI=1S/C24H24F3N5O6/c1-36-24-18(8-13-7-16(30-38-13)11-2-3-28-20(34)6-11)37-19(10-33)23(35)22(24)32-9-17(29-31-32)12-4-14(25)21(27)15(26)5-12/h2-6,9,13,18-19,22-24,33,35H,7-8,10H2,1H3,(H,28,34)/t13-,18+,19+,22-,23-,24-/m0/s1. The number of benzene rings is 1. The molecular weight excluding hydrogens is 511 g/mol. The molecule has 2 aliphatic heterocycles. The summed E-state index contributed by atoms with van der Waals surface area (Å²) < 4.78 is 53.8. The van der Waals surface area contributed by atoms with Crippen LogP contribution in [0.4, 0.5) is 13.2 Å². The Balaban J connectivity index is 1.37. The summed E-state index contributed by atoms with van der Waals surface area (Å²) in [6.07, 6.45) is -0.770. The number of aromatic nitrogens is 4. The minimum absolute atomic E-state index is 0.0310. The van der Waals surface area contributed by atoms with Crippen LogP contribution in [0.5, 0.6) is 0 Å². The van der Waals surface area contributed by atoms with Gasteiger partial charge in [0.25, 0.3) is 0 Å². The molecule has 0 bridgehead atoms. The van der Waals surface area contributed by atoms with E-state index in [1.165, 1.54) is 30.3 Å². The van der Waals surface area contributed by atoms with Crippen molar-refractivity contribution in [1.82, 2.24) is 20.0 Å². The molecule has 2 aliphatic rings. The molecule has 1 aromatic carbocycles. The minimum atomic E-state index is -1.60. The van der Waals surface area contributed by atoms with E-state index in [1.54, 1.807) is 6.07 Å². The monoisotopic (exact) mass is 535 g/mol. The number of hydrogen-bond acceptors (Lipinski definition) is 9. The molecular formula is C24H24F3N5O6. The second-order valence-corrected chi connectivity index (χ2v) is 9.06. The van der Waals surface area contributed by atoms with E-state index in [1.807, 2.05) is 0 Å². The first-order valence-electron chi connectivity index (χ1n) is 11.7. The molecule has 5 rings (SSSR count). The van der Waals surface area contributed by atoms with Gasteiger partial charge in [0.05, 0.1) is 24.6 Å². The first kappa shape index (κ1) is 26.0. The van der Waals surface area contributed by atoms with E-state index < -0.39 is 60.6 Å². The topological polar surface area (TPSA) is 144 Å². The molecule has 0 amide bonds. The number of aliphatic hydroxyl groups is 2. The van der Waals surface area contributed by atoms with Gasteiger partial charge < -0.3 is 29.5 Å². The third-order valence-electron chi connectivity index (χ3n) is 6.67. The van der Waals surface area contributed by atoms with Gasteiger partial charge >= 0.3 is 0 Å². The highest BCUT2D eigenvalue weighted by Gasteiger charge is 2.48. The van der Waals surface area contributed by atoms with Crippen molar-refractivity contribution in [1.29, 1.82) is 0 Å². The van der Waals surface area contributed by atoms with E-state index in [-0.39, 0.29) is 23.2 Å². The number of rotatable bonds is 7. The van der Waals surface area contributed by atoms with Crippen LogP contribution in [0.15, 0.2) is 46.6 Å². The van der Waals surface area contributed by atoms with Gasteiger partial charge in [-0.3, -0.25) is 4.79 Å². The maximum absolute atomic E-state index is 13.8. The number of ether oxygens (including phenoxy) is 2. The molecule has 0 aliphatic carbocycles. The van der Waals surface area contributed by atoms with Gasteiger partial charge in [-0.1, -0.05) is 10.4 Å². The molecule has 4 heterocycles. The third-order valence-corrected chi connectivity index (χ3v) is 6.67. The van der Waals surface area contributed by atoms with Crippen LogP contribution in [0.1, 0.15) is 24.4 Å². The second-order valence-electron chi connectivity index (χ2n) is 9.06. The van der Waals surface area contributed by atoms with Crippen LogP contribution in [0, 0.1) is 17.5 Å². The lowest BCUT2D eigenvalue weighted by molar-refractivity contribution is -0.219. The zero-order chi connectivity index (χ0) is 27.0. The Morgan fingerprint density at radius 2 is 1.95 bits per heavy atom. The lowest BCUT2D eigenvalue weighted by atomic mass is 9.89. The third kappa shape index (κ3) is 4.95. The predicted octanol–water partition coefficient (Wildman–Crippen LogP) is 1.31. The van der Waals surface area contributed by atoms with Crippen LogP contribution in [0.2, 0.25) is 0 Å². The lowest BCUT2D eigenvalue weighted by Gasteiger charge is -2.44. The highest BCUT2D eigenvalue weighted by molar-refractivity contribution is 6.01. The maximum Gasteiger partial charge on any atom is 0.248 e. The molecule has 0 spiro atoms. The Hall–Kier alpha value is -3.59. The Morgan fingerprint density at radius 1 is 1.18 bits per heavy atom. The number of pyridine rings is 1. The first-order chi connectivity index (χ1) is 18.3. The molecule has 1 saturated heterocycles. The van der Waals surface area contributed by atoms with Crippen molar-refractivity contribution in [3.05, 3.63) is 70.0 Å². The summed E-state index contributed by atoms with van der Waals surface area (Å²) in [6.45, 7) is -0.513.